The minimum Gasteiger partial charge on any atom is -0.507 e. The summed E-state index contributed by atoms with van der Waals surface area (Å²) in [5, 5.41) is 12.0. The van der Waals surface area contributed by atoms with E-state index in [1.54, 1.807) is 54.6 Å². The van der Waals surface area contributed by atoms with Crippen molar-refractivity contribution < 1.29 is 24.2 Å². The molecule has 1 aliphatic rings. The number of hydrogen-bond acceptors (Lipinski definition) is 5. The van der Waals surface area contributed by atoms with Crippen LogP contribution in [0.1, 0.15) is 35.2 Å². The van der Waals surface area contributed by atoms with Gasteiger partial charge in [0.1, 0.15) is 17.3 Å². The maximum atomic E-state index is 13.4. The number of Topliss-reactive ketones (excluding diaryl/α,β-unsaturated/α-hetero) is 1. The molecule has 1 fully saturated rings. The predicted molar refractivity (Wildman–Crippen MR) is 136 cm³/mol. The Morgan fingerprint density at radius 1 is 1.06 bits per heavy atom. The van der Waals surface area contributed by atoms with E-state index < -0.39 is 17.7 Å². The van der Waals surface area contributed by atoms with Gasteiger partial charge in [0.05, 0.1) is 30.9 Å². The van der Waals surface area contributed by atoms with Crippen molar-refractivity contribution in [3.8, 4) is 11.5 Å². The van der Waals surface area contributed by atoms with E-state index in [1.807, 2.05) is 26.8 Å². The molecule has 0 aromatic heterocycles. The number of halogens is 1. The number of aliphatic hydroxyl groups is 1. The molecule has 7 heteroatoms. The number of carbonyl (C=O) groups is 2. The molecule has 0 radical (unpaired) electrons. The van der Waals surface area contributed by atoms with Crippen LogP contribution >= 0.6 is 11.6 Å². The first-order valence-electron chi connectivity index (χ1n) is 11.2. The first kappa shape index (κ1) is 24.4. The molecule has 3 aromatic rings. The van der Waals surface area contributed by atoms with E-state index in [0.717, 1.165) is 11.1 Å². The second-order valence-electron chi connectivity index (χ2n) is 8.31. The minimum absolute atomic E-state index is 0.0260. The van der Waals surface area contributed by atoms with Crippen LogP contribution < -0.4 is 14.4 Å². The number of anilines is 1. The third-order valence-corrected chi connectivity index (χ3v) is 6.16. The smallest absolute Gasteiger partial charge is 0.300 e. The lowest BCUT2D eigenvalue weighted by Gasteiger charge is -2.26. The van der Waals surface area contributed by atoms with Crippen LogP contribution in [0.3, 0.4) is 0 Å². The SMILES string of the molecule is CCOc1cccc(C2/C(=C(\O)c3cc(C)cc(C)c3OC)C(=O)C(=O)N2c2ccc(Cl)cc2)c1. The van der Waals surface area contributed by atoms with Gasteiger partial charge in [-0.05, 0) is 79.9 Å². The van der Waals surface area contributed by atoms with Crippen molar-refractivity contribution in [1.29, 1.82) is 0 Å². The summed E-state index contributed by atoms with van der Waals surface area (Å²) in [4.78, 5) is 28.2. The van der Waals surface area contributed by atoms with Gasteiger partial charge in [0.25, 0.3) is 11.7 Å². The van der Waals surface area contributed by atoms with Crippen molar-refractivity contribution in [1.82, 2.24) is 0 Å². The number of nitrogens with zero attached hydrogens (tertiary/aromatic N) is 1. The van der Waals surface area contributed by atoms with Gasteiger partial charge in [-0.3, -0.25) is 14.5 Å². The summed E-state index contributed by atoms with van der Waals surface area (Å²) in [6, 6.07) is 16.6. The molecule has 0 aliphatic carbocycles. The monoisotopic (exact) mass is 491 g/mol. The number of ketones is 1. The van der Waals surface area contributed by atoms with Gasteiger partial charge in [-0.25, -0.2) is 0 Å². The van der Waals surface area contributed by atoms with Crippen molar-refractivity contribution in [2.24, 2.45) is 0 Å². The lowest BCUT2D eigenvalue weighted by Crippen LogP contribution is -2.29. The molecule has 6 nitrogen and oxygen atoms in total. The van der Waals surface area contributed by atoms with Crippen LogP contribution in [0.2, 0.25) is 5.02 Å². The van der Waals surface area contributed by atoms with Gasteiger partial charge in [0.15, 0.2) is 0 Å². The highest BCUT2D eigenvalue weighted by Crippen LogP contribution is 2.44. The summed E-state index contributed by atoms with van der Waals surface area (Å²) in [5.74, 6) is -0.798. The van der Waals surface area contributed by atoms with E-state index in [4.69, 9.17) is 21.1 Å². The van der Waals surface area contributed by atoms with Crippen LogP contribution in [0, 0.1) is 13.8 Å². The molecule has 35 heavy (non-hydrogen) atoms. The van der Waals surface area contributed by atoms with Gasteiger partial charge < -0.3 is 14.6 Å². The molecular weight excluding hydrogens is 466 g/mol. The first-order chi connectivity index (χ1) is 16.8. The number of aliphatic hydroxyl groups excluding tert-OH is 1. The van der Waals surface area contributed by atoms with Crippen LogP contribution in [0.25, 0.3) is 5.76 Å². The summed E-state index contributed by atoms with van der Waals surface area (Å²) >= 11 is 6.06. The van der Waals surface area contributed by atoms with E-state index in [2.05, 4.69) is 0 Å². The maximum Gasteiger partial charge on any atom is 0.300 e. The summed E-state index contributed by atoms with van der Waals surface area (Å²) in [6.07, 6.45) is 0. The molecule has 180 valence electrons. The Bertz CT molecular complexity index is 1330. The minimum atomic E-state index is -0.887. The lowest BCUT2D eigenvalue weighted by atomic mass is 9.93. The molecule has 4 rings (SSSR count). The Morgan fingerprint density at radius 3 is 2.43 bits per heavy atom. The zero-order valence-electron chi connectivity index (χ0n) is 20.0. The van der Waals surface area contributed by atoms with E-state index in [-0.39, 0.29) is 11.3 Å². The van der Waals surface area contributed by atoms with E-state index in [9.17, 15) is 14.7 Å². The second kappa shape index (κ2) is 9.84. The number of methoxy groups -OCH3 is 1. The topological polar surface area (TPSA) is 76.1 Å². The van der Waals surface area contributed by atoms with Crippen LogP contribution in [-0.2, 0) is 9.59 Å². The lowest BCUT2D eigenvalue weighted by molar-refractivity contribution is -0.132. The fourth-order valence-electron chi connectivity index (χ4n) is 4.50. The molecule has 0 saturated carbocycles. The number of amides is 1. The standard InChI is InChI=1S/C28H26ClNO5/c1-5-35-21-8-6-7-18(15-21)24-23(25(31)22-14-16(2)13-17(3)27(22)34-4)26(32)28(33)30(24)20-11-9-19(29)10-12-20/h6-15,24,31H,5H2,1-4H3/b25-23+. The number of benzene rings is 3. The normalized spacial score (nSPS) is 17.1. The number of ether oxygens (including phenoxy) is 2. The Kier molecular flexibility index (Phi) is 6.85. The number of aryl methyl sites for hydroxylation is 2. The predicted octanol–water partition coefficient (Wildman–Crippen LogP) is 5.99. The maximum absolute atomic E-state index is 13.4. The highest BCUT2D eigenvalue weighted by molar-refractivity contribution is 6.51. The molecule has 1 amide bonds. The highest BCUT2D eigenvalue weighted by Gasteiger charge is 2.47. The second-order valence-corrected chi connectivity index (χ2v) is 8.75. The van der Waals surface area contributed by atoms with E-state index in [1.165, 1.54) is 12.0 Å². The highest BCUT2D eigenvalue weighted by atomic mass is 35.5. The Balaban J connectivity index is 2.00. The average molecular weight is 492 g/mol. The van der Waals surface area contributed by atoms with Crippen LogP contribution in [0.15, 0.2) is 66.2 Å². The zero-order chi connectivity index (χ0) is 25.3. The molecule has 0 bridgehead atoms. The Labute approximate surface area is 209 Å². The molecule has 1 atom stereocenters. The summed E-state index contributed by atoms with van der Waals surface area (Å²) in [7, 11) is 1.50. The van der Waals surface area contributed by atoms with Gasteiger partial charge in [-0.15, -0.1) is 0 Å². The molecule has 1 aliphatic heterocycles. The van der Waals surface area contributed by atoms with Gasteiger partial charge >= 0.3 is 0 Å². The van der Waals surface area contributed by atoms with Crippen molar-refractivity contribution in [2.45, 2.75) is 26.8 Å². The first-order valence-corrected chi connectivity index (χ1v) is 11.6. The van der Waals surface area contributed by atoms with Crippen molar-refractivity contribution >= 4 is 34.7 Å². The Hall–Kier alpha value is -3.77. The van der Waals surface area contributed by atoms with Crippen molar-refractivity contribution in [2.75, 3.05) is 18.6 Å². The van der Waals surface area contributed by atoms with E-state index in [0.29, 0.717) is 39.9 Å². The summed E-state index contributed by atoms with van der Waals surface area (Å²) < 4.78 is 11.2. The zero-order valence-corrected chi connectivity index (χ0v) is 20.7. The third-order valence-electron chi connectivity index (χ3n) is 5.91. The molecular formula is C28H26ClNO5. The number of carbonyl (C=O) groups excluding carboxylic acids is 2. The fraction of sp³-hybridized carbons (Fsp3) is 0.214. The molecule has 1 unspecified atom stereocenters. The van der Waals surface area contributed by atoms with Crippen molar-refractivity contribution in [3.05, 3.63) is 93.5 Å². The Morgan fingerprint density at radius 2 is 1.77 bits per heavy atom. The van der Waals surface area contributed by atoms with E-state index >= 15 is 0 Å². The summed E-state index contributed by atoms with van der Waals surface area (Å²) in [5.41, 5.74) is 3.11. The fourth-order valence-corrected chi connectivity index (χ4v) is 4.63. The number of hydrogen-bond donors (Lipinski definition) is 1. The van der Waals surface area contributed by atoms with Crippen LogP contribution in [0.5, 0.6) is 11.5 Å². The number of rotatable bonds is 6. The molecule has 1 N–H and O–H groups in total. The molecule has 1 saturated heterocycles. The van der Waals surface area contributed by atoms with Crippen LogP contribution in [-0.4, -0.2) is 30.5 Å². The largest absolute Gasteiger partial charge is 0.507 e. The summed E-state index contributed by atoms with van der Waals surface area (Å²) in [6.45, 7) is 6.08. The third kappa shape index (κ3) is 4.49. The van der Waals surface area contributed by atoms with Gasteiger partial charge in [-0.1, -0.05) is 29.8 Å². The molecule has 3 aromatic carbocycles. The van der Waals surface area contributed by atoms with Crippen LogP contribution in [0.4, 0.5) is 5.69 Å². The average Bonchev–Trinajstić information content (AvgIpc) is 3.09. The van der Waals surface area contributed by atoms with Crippen molar-refractivity contribution in [3.63, 3.8) is 0 Å². The van der Waals surface area contributed by atoms with Gasteiger partial charge in [0.2, 0.25) is 0 Å². The molecule has 0 spiro atoms. The van der Waals surface area contributed by atoms with Gasteiger partial charge in [0, 0.05) is 10.7 Å². The molecule has 1 heterocycles. The quantitative estimate of drug-likeness (QED) is 0.260. The van der Waals surface area contributed by atoms with Gasteiger partial charge in [-0.2, -0.15) is 0 Å².